The average molecular weight is 444 g/mol. The Morgan fingerprint density at radius 1 is 1.22 bits per heavy atom. The quantitative estimate of drug-likeness (QED) is 0.528. The molecule has 3 fully saturated rings. The number of hydrogen-bond acceptors (Lipinski definition) is 5. The first-order valence-corrected chi connectivity index (χ1v) is 11.5. The highest BCUT2D eigenvalue weighted by atomic mass is 16.5. The van der Waals surface area contributed by atoms with Crippen LogP contribution in [-0.4, -0.2) is 65.7 Å². The van der Waals surface area contributed by atoms with Gasteiger partial charge in [0.15, 0.2) is 0 Å². The number of hydrogen-bond donors (Lipinski definition) is 3. The van der Waals surface area contributed by atoms with Crippen LogP contribution in [0.2, 0.25) is 0 Å². The molecule has 0 aliphatic carbocycles. The molecule has 2 bridgehead atoms. The van der Waals surface area contributed by atoms with Crippen LogP contribution in [0.3, 0.4) is 0 Å². The summed E-state index contributed by atoms with van der Waals surface area (Å²) in [7, 11) is 1.57. The molecule has 32 heavy (non-hydrogen) atoms. The Balaban J connectivity index is 1.66. The van der Waals surface area contributed by atoms with Crippen LogP contribution in [0, 0.1) is 25.7 Å². The maximum atomic E-state index is 13.7. The van der Waals surface area contributed by atoms with Crippen molar-refractivity contribution in [2.75, 3.05) is 25.5 Å². The number of benzene rings is 1. The maximum Gasteiger partial charge on any atom is 0.250 e. The third-order valence-corrected chi connectivity index (χ3v) is 7.31. The van der Waals surface area contributed by atoms with Gasteiger partial charge in [-0.3, -0.25) is 14.4 Å². The van der Waals surface area contributed by atoms with Gasteiger partial charge in [-0.15, -0.1) is 0 Å². The van der Waals surface area contributed by atoms with Gasteiger partial charge in [-0.25, -0.2) is 0 Å². The largest absolute Gasteiger partial charge is 0.396 e. The average Bonchev–Trinajstić information content (AvgIpc) is 3.41. The summed E-state index contributed by atoms with van der Waals surface area (Å²) in [4.78, 5) is 41.5. The van der Waals surface area contributed by atoms with Crippen molar-refractivity contribution in [1.82, 2.24) is 10.2 Å². The summed E-state index contributed by atoms with van der Waals surface area (Å²) >= 11 is 0. The van der Waals surface area contributed by atoms with E-state index in [4.69, 9.17) is 9.84 Å². The SMILES string of the molecule is CNC(=O)[C@@H]1[C@H]2C(=O)N(CCCCCO)C(C(=O)Nc3cc(C)ccc3C)C23CC[C@H]1O3. The van der Waals surface area contributed by atoms with Gasteiger partial charge in [-0.1, -0.05) is 12.1 Å². The van der Waals surface area contributed by atoms with E-state index in [-0.39, 0.29) is 30.4 Å². The number of carbonyl (C=O) groups excluding carboxylic acids is 3. The van der Waals surface area contributed by atoms with Gasteiger partial charge in [0.2, 0.25) is 17.7 Å². The zero-order valence-electron chi connectivity index (χ0n) is 19.0. The molecule has 3 heterocycles. The van der Waals surface area contributed by atoms with E-state index in [0.717, 1.165) is 23.2 Å². The molecule has 1 spiro atoms. The molecule has 3 aliphatic heterocycles. The van der Waals surface area contributed by atoms with Crippen LogP contribution < -0.4 is 10.6 Å². The second kappa shape index (κ2) is 8.83. The van der Waals surface area contributed by atoms with Gasteiger partial charge < -0.3 is 25.4 Å². The normalized spacial score (nSPS) is 30.5. The van der Waals surface area contributed by atoms with Crippen molar-refractivity contribution < 1.29 is 24.2 Å². The van der Waals surface area contributed by atoms with E-state index < -0.39 is 23.5 Å². The number of aryl methyl sites for hydroxylation is 2. The fourth-order valence-corrected chi connectivity index (χ4v) is 5.80. The van der Waals surface area contributed by atoms with Crippen LogP contribution >= 0.6 is 0 Å². The minimum Gasteiger partial charge on any atom is -0.396 e. The van der Waals surface area contributed by atoms with Crippen LogP contribution in [-0.2, 0) is 19.1 Å². The molecule has 0 radical (unpaired) electrons. The summed E-state index contributed by atoms with van der Waals surface area (Å²) in [5.74, 6) is -1.86. The van der Waals surface area contributed by atoms with E-state index in [1.54, 1.807) is 11.9 Å². The van der Waals surface area contributed by atoms with Crippen molar-refractivity contribution in [3.05, 3.63) is 29.3 Å². The first kappa shape index (κ1) is 22.7. The highest BCUT2D eigenvalue weighted by Crippen LogP contribution is 2.58. The third-order valence-electron chi connectivity index (χ3n) is 7.31. The molecule has 174 valence electrons. The molecule has 1 aromatic carbocycles. The monoisotopic (exact) mass is 443 g/mol. The Kier molecular flexibility index (Phi) is 6.27. The van der Waals surface area contributed by atoms with E-state index in [0.29, 0.717) is 32.2 Å². The van der Waals surface area contributed by atoms with Crippen molar-refractivity contribution in [2.45, 2.75) is 63.7 Å². The lowest BCUT2D eigenvalue weighted by Crippen LogP contribution is -2.53. The van der Waals surface area contributed by atoms with Gasteiger partial charge >= 0.3 is 0 Å². The highest BCUT2D eigenvalue weighted by molar-refractivity contribution is 6.03. The number of likely N-dealkylation sites (tertiary alicyclic amines) is 1. The number of nitrogens with one attached hydrogen (secondary N) is 2. The van der Waals surface area contributed by atoms with E-state index in [1.165, 1.54) is 0 Å². The van der Waals surface area contributed by atoms with Crippen LogP contribution in [0.25, 0.3) is 0 Å². The molecule has 0 aromatic heterocycles. The van der Waals surface area contributed by atoms with E-state index >= 15 is 0 Å². The van der Waals surface area contributed by atoms with Crippen molar-refractivity contribution in [1.29, 1.82) is 0 Å². The molecule has 4 rings (SSSR count). The van der Waals surface area contributed by atoms with Crippen LogP contribution in [0.4, 0.5) is 5.69 Å². The van der Waals surface area contributed by atoms with Gasteiger partial charge in [0.1, 0.15) is 11.6 Å². The predicted molar refractivity (Wildman–Crippen MR) is 119 cm³/mol. The Hall–Kier alpha value is -2.45. The molecule has 8 nitrogen and oxygen atoms in total. The predicted octanol–water partition coefficient (Wildman–Crippen LogP) is 1.53. The Morgan fingerprint density at radius 3 is 2.72 bits per heavy atom. The van der Waals surface area contributed by atoms with Gasteiger partial charge in [0.05, 0.1) is 17.9 Å². The van der Waals surface area contributed by atoms with Crippen LogP contribution in [0.1, 0.15) is 43.2 Å². The third kappa shape index (κ3) is 3.59. The second-order valence-electron chi connectivity index (χ2n) is 9.29. The molecular formula is C24H33N3O5. The molecule has 1 aromatic rings. The summed E-state index contributed by atoms with van der Waals surface area (Å²) in [5.41, 5.74) is 1.72. The van der Waals surface area contributed by atoms with E-state index in [2.05, 4.69) is 10.6 Å². The summed E-state index contributed by atoms with van der Waals surface area (Å²) in [6.07, 6.45) is 2.99. The molecule has 3 aliphatic rings. The molecule has 8 heteroatoms. The van der Waals surface area contributed by atoms with Crippen molar-refractivity contribution in [3.63, 3.8) is 0 Å². The first-order chi connectivity index (χ1) is 15.3. The smallest absolute Gasteiger partial charge is 0.250 e. The molecule has 3 amide bonds. The summed E-state index contributed by atoms with van der Waals surface area (Å²) in [6, 6.07) is 5.08. The Bertz CT molecular complexity index is 919. The lowest BCUT2D eigenvalue weighted by molar-refractivity contribution is -0.140. The summed E-state index contributed by atoms with van der Waals surface area (Å²) < 4.78 is 6.35. The number of ether oxygens (including phenoxy) is 1. The number of rotatable bonds is 8. The topological polar surface area (TPSA) is 108 Å². The first-order valence-electron chi connectivity index (χ1n) is 11.5. The number of fused-ring (bicyclic) bond motifs is 1. The Morgan fingerprint density at radius 2 is 2.00 bits per heavy atom. The lowest BCUT2D eigenvalue weighted by atomic mass is 9.70. The van der Waals surface area contributed by atoms with Gasteiger partial charge in [0.25, 0.3) is 0 Å². The van der Waals surface area contributed by atoms with Gasteiger partial charge in [0, 0.05) is 25.9 Å². The molecule has 3 N–H and O–H groups in total. The van der Waals surface area contributed by atoms with E-state index in [1.807, 2.05) is 32.0 Å². The van der Waals surface area contributed by atoms with Crippen LogP contribution in [0.15, 0.2) is 18.2 Å². The molecule has 2 unspecified atom stereocenters. The zero-order chi connectivity index (χ0) is 23.0. The summed E-state index contributed by atoms with van der Waals surface area (Å²) in [5, 5.41) is 14.8. The number of carbonyl (C=O) groups is 3. The molecule has 3 saturated heterocycles. The Labute approximate surface area is 188 Å². The highest BCUT2D eigenvalue weighted by Gasteiger charge is 2.74. The van der Waals surface area contributed by atoms with E-state index in [9.17, 15) is 14.4 Å². The van der Waals surface area contributed by atoms with Crippen molar-refractivity contribution in [3.8, 4) is 0 Å². The lowest BCUT2D eigenvalue weighted by Gasteiger charge is -2.33. The fourth-order valence-electron chi connectivity index (χ4n) is 5.80. The standard InChI is InChI=1S/C24H33N3O5/c1-14-7-8-15(2)16(13-14)26-22(30)20-24-10-9-17(32-24)18(21(29)25-3)19(24)23(31)27(20)11-5-4-6-12-28/h7-8,13,17-20,28H,4-6,9-12H2,1-3H3,(H,25,29)(H,26,30)/t17-,18+,19+,20?,24?/m1/s1. The van der Waals surface area contributed by atoms with Gasteiger partial charge in [-0.2, -0.15) is 0 Å². The number of nitrogens with zero attached hydrogens (tertiary/aromatic N) is 1. The van der Waals surface area contributed by atoms with Crippen molar-refractivity contribution in [2.24, 2.45) is 11.8 Å². The molecule has 0 saturated carbocycles. The maximum absolute atomic E-state index is 13.7. The van der Waals surface area contributed by atoms with Gasteiger partial charge in [-0.05, 0) is 63.1 Å². The minimum absolute atomic E-state index is 0.0978. The number of aliphatic hydroxyl groups excluding tert-OH is 1. The number of unbranched alkanes of at least 4 members (excludes halogenated alkanes) is 2. The van der Waals surface area contributed by atoms with Crippen LogP contribution in [0.5, 0.6) is 0 Å². The molecular weight excluding hydrogens is 410 g/mol. The van der Waals surface area contributed by atoms with Crippen molar-refractivity contribution >= 4 is 23.4 Å². The number of anilines is 1. The number of amides is 3. The second-order valence-corrected chi connectivity index (χ2v) is 9.29. The molecule has 5 atom stereocenters. The minimum atomic E-state index is -0.974. The fraction of sp³-hybridized carbons (Fsp3) is 0.625. The number of aliphatic hydroxyl groups is 1. The zero-order valence-corrected chi connectivity index (χ0v) is 19.0. The summed E-state index contributed by atoms with van der Waals surface area (Å²) in [6.45, 7) is 4.39.